The molecular formula is C19H21N4O5S+. The first-order valence-electron chi connectivity index (χ1n) is 8.75. The van der Waals surface area contributed by atoms with E-state index in [9.17, 15) is 18.1 Å². The number of anilines is 1. The third kappa shape index (κ3) is 5.04. The summed E-state index contributed by atoms with van der Waals surface area (Å²) < 4.78 is 30.1. The molecule has 152 valence electrons. The van der Waals surface area contributed by atoms with Crippen LogP contribution in [-0.2, 0) is 19.6 Å². The Hall–Kier alpha value is -3.11. The summed E-state index contributed by atoms with van der Waals surface area (Å²) in [5, 5.41) is 7.70. The maximum absolute atomic E-state index is 12.5. The quantitative estimate of drug-likeness (QED) is 0.693. The number of hydrogen-bond donors (Lipinski definition) is 2. The number of sulfonamides is 1. The van der Waals surface area contributed by atoms with Gasteiger partial charge in [-0.1, -0.05) is 24.3 Å². The highest BCUT2D eigenvalue weighted by molar-refractivity contribution is 7.92. The van der Waals surface area contributed by atoms with E-state index in [1.54, 1.807) is 42.5 Å². The Kier molecular flexibility index (Phi) is 6.04. The van der Waals surface area contributed by atoms with Gasteiger partial charge >= 0.3 is 0 Å². The van der Waals surface area contributed by atoms with E-state index in [4.69, 9.17) is 4.74 Å². The van der Waals surface area contributed by atoms with Gasteiger partial charge in [-0.15, -0.1) is 0 Å². The number of nitrogens with one attached hydrogen (secondary N) is 2. The number of carbonyl (C=O) groups is 1. The molecule has 1 unspecified atom stereocenters. The number of amides is 1. The van der Waals surface area contributed by atoms with Gasteiger partial charge in [0.15, 0.2) is 0 Å². The maximum Gasteiger partial charge on any atom is 0.269 e. The van der Waals surface area contributed by atoms with E-state index in [0.29, 0.717) is 23.5 Å². The smallest absolute Gasteiger partial charge is 0.269 e. The molecular weight excluding hydrogens is 396 g/mol. The predicted molar refractivity (Wildman–Crippen MR) is 108 cm³/mol. The van der Waals surface area contributed by atoms with Gasteiger partial charge in [0.2, 0.25) is 10.0 Å². The molecule has 0 saturated heterocycles. The van der Waals surface area contributed by atoms with Crippen molar-refractivity contribution in [1.29, 1.82) is 0 Å². The number of ether oxygens (including phenoxy) is 1. The van der Waals surface area contributed by atoms with E-state index in [-0.39, 0.29) is 18.6 Å². The lowest BCUT2D eigenvalue weighted by atomic mass is 9.98. The Morgan fingerprint density at radius 2 is 2.00 bits per heavy atom. The minimum absolute atomic E-state index is 0.121. The fourth-order valence-corrected chi connectivity index (χ4v) is 3.68. The van der Waals surface area contributed by atoms with Gasteiger partial charge in [0.25, 0.3) is 11.6 Å². The molecule has 1 aliphatic heterocycles. The summed E-state index contributed by atoms with van der Waals surface area (Å²) in [6.45, 7) is -0.121. The van der Waals surface area contributed by atoms with E-state index in [0.717, 1.165) is 17.4 Å². The minimum atomic E-state index is -3.37. The SMILES string of the molecule is COCC(=O)N1N=C(c2ccc(NS(C)(=O)=O)cc2)CC1c1cccc([NH+]=O)c1. The molecule has 1 aliphatic rings. The van der Waals surface area contributed by atoms with Crippen LogP contribution in [0, 0.1) is 4.91 Å². The highest BCUT2D eigenvalue weighted by atomic mass is 32.2. The third-order valence-corrected chi connectivity index (χ3v) is 4.95. The van der Waals surface area contributed by atoms with Crippen LogP contribution in [0.4, 0.5) is 11.4 Å². The zero-order valence-corrected chi connectivity index (χ0v) is 16.8. The van der Waals surface area contributed by atoms with Crippen molar-refractivity contribution in [3.05, 3.63) is 64.6 Å². The number of hydrazone groups is 1. The van der Waals surface area contributed by atoms with Crippen molar-refractivity contribution in [2.45, 2.75) is 12.5 Å². The van der Waals surface area contributed by atoms with Crippen molar-refractivity contribution >= 4 is 33.0 Å². The molecule has 2 N–H and O–H groups in total. The Morgan fingerprint density at radius 3 is 2.62 bits per heavy atom. The molecule has 2 aromatic carbocycles. The number of hydrogen-bond acceptors (Lipinski definition) is 6. The van der Waals surface area contributed by atoms with Crippen LogP contribution in [0.2, 0.25) is 0 Å². The molecule has 0 aliphatic carbocycles. The van der Waals surface area contributed by atoms with E-state index in [2.05, 4.69) is 9.82 Å². The standard InChI is InChI=1S/C19H20N4O5S/c1-28-12-19(24)23-18(14-4-3-5-16(10-14)21-25)11-17(20-23)13-6-8-15(9-7-13)22-29(2,26)27/h3-10,18,22H,11-12H2,1-2H3/p+1. The average molecular weight is 417 g/mol. The summed E-state index contributed by atoms with van der Waals surface area (Å²) in [4.78, 5) is 23.5. The van der Waals surface area contributed by atoms with E-state index >= 15 is 0 Å². The monoisotopic (exact) mass is 417 g/mol. The first-order valence-corrected chi connectivity index (χ1v) is 10.6. The van der Waals surface area contributed by atoms with E-state index < -0.39 is 10.0 Å². The Labute approximate surface area is 168 Å². The number of nitrogens with zero attached hydrogens (tertiary/aromatic N) is 2. The predicted octanol–water partition coefficient (Wildman–Crippen LogP) is 0.861. The fourth-order valence-electron chi connectivity index (χ4n) is 3.12. The number of carbonyl (C=O) groups excluding carboxylic acids is 1. The zero-order valence-electron chi connectivity index (χ0n) is 16.0. The molecule has 1 amide bonds. The Morgan fingerprint density at radius 1 is 1.28 bits per heavy atom. The van der Waals surface area contributed by atoms with Gasteiger partial charge in [0.1, 0.15) is 6.61 Å². The lowest BCUT2D eigenvalue weighted by Crippen LogP contribution is -2.55. The molecule has 10 heteroatoms. The molecule has 1 atom stereocenters. The van der Waals surface area contributed by atoms with Gasteiger partial charge in [0.05, 0.1) is 18.0 Å². The summed E-state index contributed by atoms with van der Waals surface area (Å²) in [6.07, 6.45) is 1.52. The van der Waals surface area contributed by atoms with Crippen LogP contribution in [0.25, 0.3) is 0 Å². The lowest BCUT2D eigenvalue weighted by molar-refractivity contribution is -0.379. The van der Waals surface area contributed by atoms with Crippen LogP contribution in [0.5, 0.6) is 0 Å². The van der Waals surface area contributed by atoms with Crippen LogP contribution < -0.4 is 9.90 Å². The second-order valence-electron chi connectivity index (χ2n) is 6.62. The number of methoxy groups -OCH3 is 1. The van der Waals surface area contributed by atoms with Crippen LogP contribution in [0.1, 0.15) is 23.6 Å². The molecule has 0 fully saturated rings. The second kappa shape index (κ2) is 8.50. The fraction of sp³-hybridized carbons (Fsp3) is 0.263. The van der Waals surface area contributed by atoms with Crippen molar-refractivity contribution < 1.29 is 23.1 Å². The van der Waals surface area contributed by atoms with Gasteiger partial charge in [-0.2, -0.15) is 5.10 Å². The number of nitroso groups, excluding NO2 is 1. The number of rotatable bonds is 7. The molecule has 0 spiro atoms. The molecule has 3 rings (SSSR count). The van der Waals surface area contributed by atoms with Crippen molar-refractivity contribution in [2.75, 3.05) is 24.7 Å². The Bertz CT molecular complexity index is 1050. The highest BCUT2D eigenvalue weighted by Crippen LogP contribution is 2.33. The van der Waals surface area contributed by atoms with Crippen LogP contribution in [-0.4, -0.2) is 45.0 Å². The van der Waals surface area contributed by atoms with Crippen LogP contribution >= 0.6 is 0 Å². The molecule has 1 heterocycles. The Balaban J connectivity index is 1.90. The molecule has 2 aromatic rings. The molecule has 0 saturated carbocycles. The van der Waals surface area contributed by atoms with Gasteiger partial charge in [-0.3, -0.25) is 9.52 Å². The van der Waals surface area contributed by atoms with Crippen molar-refractivity contribution in [2.24, 2.45) is 5.10 Å². The first kappa shape index (κ1) is 20.6. The lowest BCUT2D eigenvalue weighted by Gasteiger charge is -2.21. The van der Waals surface area contributed by atoms with Gasteiger partial charge in [-0.05, 0) is 23.3 Å². The van der Waals surface area contributed by atoms with Gasteiger partial charge in [-0.25, -0.2) is 13.4 Å². The molecule has 9 nitrogen and oxygen atoms in total. The summed E-state index contributed by atoms with van der Waals surface area (Å²) >= 11 is 0. The topological polar surface area (TPSA) is 119 Å². The van der Waals surface area contributed by atoms with Gasteiger partial charge < -0.3 is 4.74 Å². The molecule has 29 heavy (non-hydrogen) atoms. The van der Waals surface area contributed by atoms with Crippen molar-refractivity contribution in [3.8, 4) is 0 Å². The van der Waals surface area contributed by atoms with Crippen LogP contribution in [0.3, 0.4) is 0 Å². The highest BCUT2D eigenvalue weighted by Gasteiger charge is 2.33. The molecule has 0 bridgehead atoms. The summed E-state index contributed by atoms with van der Waals surface area (Å²) in [5.41, 5.74) is 3.04. The van der Waals surface area contributed by atoms with E-state index in [1.807, 2.05) is 11.2 Å². The summed E-state index contributed by atoms with van der Waals surface area (Å²) in [6, 6.07) is 13.3. The third-order valence-electron chi connectivity index (χ3n) is 4.34. The summed E-state index contributed by atoms with van der Waals surface area (Å²) in [7, 11) is -1.93. The zero-order chi connectivity index (χ0) is 21.0. The van der Waals surface area contributed by atoms with Crippen LogP contribution in [0.15, 0.2) is 53.6 Å². The molecule has 0 radical (unpaired) electrons. The minimum Gasteiger partial charge on any atom is -0.375 e. The van der Waals surface area contributed by atoms with Crippen molar-refractivity contribution in [3.63, 3.8) is 0 Å². The van der Waals surface area contributed by atoms with E-state index in [1.165, 1.54) is 12.1 Å². The summed E-state index contributed by atoms with van der Waals surface area (Å²) in [5.74, 6) is -0.302. The first-order chi connectivity index (χ1) is 13.8. The largest absolute Gasteiger partial charge is 0.375 e. The van der Waals surface area contributed by atoms with Crippen molar-refractivity contribution in [1.82, 2.24) is 5.01 Å². The van der Waals surface area contributed by atoms with Gasteiger partial charge in [0, 0.05) is 41.4 Å². The molecule has 0 aromatic heterocycles. The second-order valence-corrected chi connectivity index (χ2v) is 8.37. The average Bonchev–Trinajstić information content (AvgIpc) is 3.13. The number of benzene rings is 2. The maximum atomic E-state index is 12.5. The normalized spacial score (nSPS) is 16.4.